The molecule has 26 heavy (non-hydrogen) atoms. The number of carbonyl (C=O) groups excluding carboxylic acids is 1. The molecule has 3 heteroatoms. The van der Waals surface area contributed by atoms with Crippen LogP contribution in [0.3, 0.4) is 0 Å². The summed E-state index contributed by atoms with van der Waals surface area (Å²) in [5.74, 6) is 0.909. The summed E-state index contributed by atoms with van der Waals surface area (Å²) in [7, 11) is 3.29. The van der Waals surface area contributed by atoms with Gasteiger partial charge >= 0.3 is 0 Å². The van der Waals surface area contributed by atoms with Crippen molar-refractivity contribution in [2.75, 3.05) is 14.2 Å². The Balaban J connectivity index is 1.65. The van der Waals surface area contributed by atoms with Crippen molar-refractivity contribution in [1.82, 2.24) is 0 Å². The number of rotatable bonds is 8. The van der Waals surface area contributed by atoms with Gasteiger partial charge in [0.2, 0.25) is 0 Å². The Morgan fingerprint density at radius 1 is 0.923 bits per heavy atom. The van der Waals surface area contributed by atoms with E-state index in [1.54, 1.807) is 14.2 Å². The standard InChI is InChI=1S/C23H24O3/c1-25-22(14-17-11-12-18-7-3-4-8-19(18)13-17)16-21(24)15-20-9-5-6-10-23(20)26-2/h3-13,22H,14-16H2,1-2H3. The predicted octanol–water partition coefficient (Wildman–Crippen LogP) is 4.61. The highest BCUT2D eigenvalue weighted by atomic mass is 16.5. The van der Waals surface area contributed by atoms with E-state index in [0.717, 1.165) is 17.7 Å². The van der Waals surface area contributed by atoms with Gasteiger partial charge in [-0.15, -0.1) is 0 Å². The highest BCUT2D eigenvalue weighted by Crippen LogP contribution is 2.21. The van der Waals surface area contributed by atoms with E-state index in [0.29, 0.717) is 12.8 Å². The molecule has 0 radical (unpaired) electrons. The molecule has 0 amide bonds. The summed E-state index contributed by atoms with van der Waals surface area (Å²) < 4.78 is 10.9. The van der Waals surface area contributed by atoms with Gasteiger partial charge in [0, 0.05) is 25.5 Å². The van der Waals surface area contributed by atoms with Crippen LogP contribution in [0.25, 0.3) is 10.8 Å². The first kappa shape index (κ1) is 18.2. The van der Waals surface area contributed by atoms with Crippen LogP contribution in [0.15, 0.2) is 66.7 Å². The van der Waals surface area contributed by atoms with Crippen LogP contribution < -0.4 is 4.74 Å². The molecule has 0 saturated carbocycles. The molecule has 1 unspecified atom stereocenters. The normalized spacial score (nSPS) is 12.1. The second kappa shape index (κ2) is 8.63. The molecule has 0 N–H and O–H groups in total. The Morgan fingerprint density at radius 3 is 2.42 bits per heavy atom. The van der Waals surface area contributed by atoms with Gasteiger partial charge in [-0.3, -0.25) is 4.79 Å². The first-order valence-corrected chi connectivity index (χ1v) is 8.83. The van der Waals surface area contributed by atoms with Crippen LogP contribution >= 0.6 is 0 Å². The van der Waals surface area contributed by atoms with Gasteiger partial charge in [0.15, 0.2) is 0 Å². The number of hydrogen-bond donors (Lipinski definition) is 0. The number of Topliss-reactive ketones (excluding diaryl/α,β-unsaturated/α-hetero) is 1. The molecule has 3 aromatic carbocycles. The minimum Gasteiger partial charge on any atom is -0.496 e. The lowest BCUT2D eigenvalue weighted by Gasteiger charge is -2.16. The molecule has 3 rings (SSSR count). The van der Waals surface area contributed by atoms with Crippen molar-refractivity contribution in [2.45, 2.75) is 25.4 Å². The summed E-state index contributed by atoms with van der Waals surface area (Å²) in [6.07, 6.45) is 1.35. The molecule has 0 aliphatic rings. The topological polar surface area (TPSA) is 35.5 Å². The number of benzene rings is 3. The fourth-order valence-electron chi connectivity index (χ4n) is 3.26. The largest absolute Gasteiger partial charge is 0.496 e. The first-order chi connectivity index (χ1) is 12.7. The SMILES string of the molecule is COc1ccccc1CC(=O)CC(Cc1ccc2ccccc2c1)OC. The summed E-state index contributed by atoms with van der Waals surface area (Å²) in [5.41, 5.74) is 2.10. The molecule has 0 heterocycles. The van der Waals surface area contributed by atoms with E-state index >= 15 is 0 Å². The second-order valence-corrected chi connectivity index (χ2v) is 6.47. The minimum atomic E-state index is -0.127. The van der Waals surface area contributed by atoms with Gasteiger partial charge in [-0.1, -0.05) is 60.7 Å². The van der Waals surface area contributed by atoms with Gasteiger partial charge in [0.25, 0.3) is 0 Å². The van der Waals surface area contributed by atoms with Gasteiger partial charge in [-0.05, 0) is 28.8 Å². The van der Waals surface area contributed by atoms with Gasteiger partial charge in [0.05, 0.1) is 13.2 Å². The van der Waals surface area contributed by atoms with Crippen LogP contribution in [0.5, 0.6) is 5.75 Å². The monoisotopic (exact) mass is 348 g/mol. The average Bonchev–Trinajstić information content (AvgIpc) is 2.67. The zero-order valence-corrected chi connectivity index (χ0v) is 15.3. The number of ketones is 1. The summed E-state index contributed by atoms with van der Waals surface area (Å²) in [5, 5.41) is 2.43. The molecule has 0 spiro atoms. The Morgan fingerprint density at radius 2 is 1.65 bits per heavy atom. The fraction of sp³-hybridized carbons (Fsp3) is 0.261. The third-order valence-corrected chi connectivity index (χ3v) is 4.65. The maximum atomic E-state index is 12.5. The van der Waals surface area contributed by atoms with Crippen LogP contribution in [0, 0.1) is 0 Å². The zero-order chi connectivity index (χ0) is 18.4. The van der Waals surface area contributed by atoms with Gasteiger partial charge in [-0.2, -0.15) is 0 Å². The molecule has 0 aliphatic carbocycles. The molecule has 0 fully saturated rings. The van der Waals surface area contributed by atoms with E-state index in [9.17, 15) is 4.79 Å². The van der Waals surface area contributed by atoms with E-state index in [1.807, 2.05) is 36.4 Å². The third kappa shape index (κ3) is 4.50. The quantitative estimate of drug-likeness (QED) is 0.596. The fourth-order valence-corrected chi connectivity index (χ4v) is 3.26. The van der Waals surface area contributed by atoms with E-state index in [2.05, 4.69) is 30.3 Å². The molecular formula is C23H24O3. The average molecular weight is 348 g/mol. The molecular weight excluding hydrogens is 324 g/mol. The van der Waals surface area contributed by atoms with E-state index in [1.165, 1.54) is 16.3 Å². The van der Waals surface area contributed by atoms with Crippen LogP contribution in [-0.2, 0) is 22.4 Å². The first-order valence-electron chi connectivity index (χ1n) is 8.83. The number of para-hydroxylation sites is 1. The van der Waals surface area contributed by atoms with Crippen molar-refractivity contribution in [3.63, 3.8) is 0 Å². The molecule has 3 aromatic rings. The predicted molar refractivity (Wildman–Crippen MR) is 105 cm³/mol. The molecule has 0 aromatic heterocycles. The highest BCUT2D eigenvalue weighted by molar-refractivity contribution is 5.83. The molecule has 0 aliphatic heterocycles. The van der Waals surface area contributed by atoms with Crippen molar-refractivity contribution in [3.8, 4) is 5.75 Å². The summed E-state index contributed by atoms with van der Waals surface area (Å²) in [6, 6.07) is 22.3. The smallest absolute Gasteiger partial charge is 0.140 e. The lowest BCUT2D eigenvalue weighted by molar-refractivity contribution is -0.120. The van der Waals surface area contributed by atoms with Crippen molar-refractivity contribution >= 4 is 16.6 Å². The van der Waals surface area contributed by atoms with Crippen LogP contribution in [-0.4, -0.2) is 26.1 Å². The van der Waals surface area contributed by atoms with Crippen LogP contribution in [0.1, 0.15) is 17.5 Å². The van der Waals surface area contributed by atoms with E-state index in [-0.39, 0.29) is 11.9 Å². The van der Waals surface area contributed by atoms with E-state index < -0.39 is 0 Å². The Hall–Kier alpha value is -2.65. The van der Waals surface area contributed by atoms with Crippen LogP contribution in [0.2, 0.25) is 0 Å². The van der Waals surface area contributed by atoms with Gasteiger partial charge in [0.1, 0.15) is 11.5 Å². The van der Waals surface area contributed by atoms with Crippen molar-refractivity contribution in [3.05, 3.63) is 77.9 Å². The summed E-state index contributed by atoms with van der Waals surface area (Å²) >= 11 is 0. The van der Waals surface area contributed by atoms with Crippen molar-refractivity contribution in [1.29, 1.82) is 0 Å². The van der Waals surface area contributed by atoms with Crippen molar-refractivity contribution in [2.24, 2.45) is 0 Å². The molecule has 0 bridgehead atoms. The van der Waals surface area contributed by atoms with Crippen LogP contribution in [0.4, 0.5) is 0 Å². The molecule has 0 saturated heterocycles. The maximum absolute atomic E-state index is 12.5. The summed E-state index contributed by atoms with van der Waals surface area (Å²) in [6.45, 7) is 0. The number of fused-ring (bicyclic) bond motifs is 1. The van der Waals surface area contributed by atoms with Gasteiger partial charge in [-0.25, -0.2) is 0 Å². The van der Waals surface area contributed by atoms with E-state index in [4.69, 9.17) is 9.47 Å². The molecule has 134 valence electrons. The number of carbonyl (C=O) groups is 1. The molecule has 1 atom stereocenters. The number of hydrogen-bond acceptors (Lipinski definition) is 3. The zero-order valence-electron chi connectivity index (χ0n) is 15.3. The second-order valence-electron chi connectivity index (χ2n) is 6.47. The Labute approximate surface area is 154 Å². The molecule has 3 nitrogen and oxygen atoms in total. The Kier molecular flexibility index (Phi) is 6.03. The maximum Gasteiger partial charge on any atom is 0.140 e. The highest BCUT2D eigenvalue weighted by Gasteiger charge is 2.16. The number of ether oxygens (including phenoxy) is 2. The number of methoxy groups -OCH3 is 2. The summed E-state index contributed by atoms with van der Waals surface area (Å²) in [4.78, 5) is 12.5. The van der Waals surface area contributed by atoms with Gasteiger partial charge < -0.3 is 9.47 Å². The lowest BCUT2D eigenvalue weighted by Crippen LogP contribution is -2.20. The Bertz CT molecular complexity index is 885. The third-order valence-electron chi connectivity index (χ3n) is 4.65. The van der Waals surface area contributed by atoms with Crippen molar-refractivity contribution < 1.29 is 14.3 Å². The minimum absolute atomic E-state index is 0.127. The lowest BCUT2D eigenvalue weighted by atomic mass is 9.98.